The zero-order valence-electron chi connectivity index (χ0n) is 19.4. The van der Waals surface area contributed by atoms with Crippen molar-refractivity contribution < 1.29 is 19.4 Å². The van der Waals surface area contributed by atoms with Gasteiger partial charge in [-0.3, -0.25) is 14.5 Å². The number of rotatable bonds is 6. The highest BCUT2D eigenvalue weighted by Crippen LogP contribution is 2.45. The van der Waals surface area contributed by atoms with Crippen molar-refractivity contribution in [3.63, 3.8) is 0 Å². The Morgan fingerprint density at radius 2 is 1.86 bits per heavy atom. The molecule has 0 radical (unpaired) electrons. The number of hydrogen-bond donors (Lipinski definition) is 1. The summed E-state index contributed by atoms with van der Waals surface area (Å²) < 4.78 is 6.43. The molecule has 1 aliphatic heterocycles. The van der Waals surface area contributed by atoms with E-state index in [-0.39, 0.29) is 21.5 Å². The lowest BCUT2D eigenvalue weighted by Crippen LogP contribution is -2.29. The van der Waals surface area contributed by atoms with Gasteiger partial charge in [-0.2, -0.15) is 0 Å². The Hall–Kier alpha value is -3.10. The zero-order valence-corrected chi connectivity index (χ0v) is 22.5. The Labute approximate surface area is 231 Å². The van der Waals surface area contributed by atoms with Crippen LogP contribution in [-0.2, 0) is 9.59 Å². The van der Waals surface area contributed by atoms with Gasteiger partial charge in [-0.25, -0.2) is 4.98 Å². The van der Waals surface area contributed by atoms with Crippen LogP contribution in [0.5, 0.6) is 5.75 Å². The summed E-state index contributed by atoms with van der Waals surface area (Å²) >= 11 is 19.8. The second-order valence-corrected chi connectivity index (χ2v) is 10.6. The summed E-state index contributed by atoms with van der Waals surface area (Å²) in [6, 6.07) is 15.7. The molecule has 2 heterocycles. The number of amides is 1. The molecule has 37 heavy (non-hydrogen) atoms. The van der Waals surface area contributed by atoms with Crippen molar-refractivity contribution in [3.8, 4) is 5.75 Å². The van der Waals surface area contributed by atoms with Gasteiger partial charge in [0.15, 0.2) is 5.13 Å². The van der Waals surface area contributed by atoms with Crippen LogP contribution in [0.15, 0.2) is 66.2 Å². The Kier molecular flexibility index (Phi) is 7.14. The molecule has 188 valence electrons. The van der Waals surface area contributed by atoms with E-state index in [4.69, 9.17) is 39.5 Å². The number of aromatic nitrogens is 1. The van der Waals surface area contributed by atoms with E-state index in [1.165, 1.54) is 16.2 Å². The van der Waals surface area contributed by atoms with E-state index >= 15 is 0 Å². The van der Waals surface area contributed by atoms with Crippen molar-refractivity contribution in [1.29, 1.82) is 0 Å². The van der Waals surface area contributed by atoms with Gasteiger partial charge in [0.25, 0.3) is 5.78 Å². The van der Waals surface area contributed by atoms with Gasteiger partial charge in [0.1, 0.15) is 11.5 Å². The molecule has 1 aliphatic rings. The van der Waals surface area contributed by atoms with Crippen LogP contribution in [0.1, 0.15) is 30.5 Å². The van der Waals surface area contributed by atoms with Crippen molar-refractivity contribution in [1.82, 2.24) is 4.98 Å². The summed E-state index contributed by atoms with van der Waals surface area (Å²) in [5.41, 5.74) is 1.37. The fraction of sp³-hybridized carbons (Fsp3) is 0.148. The van der Waals surface area contributed by atoms with Crippen LogP contribution in [0.3, 0.4) is 0 Å². The lowest BCUT2D eigenvalue weighted by Gasteiger charge is -2.23. The average Bonchev–Trinajstić information content (AvgIpc) is 3.41. The van der Waals surface area contributed by atoms with Crippen molar-refractivity contribution >= 4 is 78.9 Å². The topological polar surface area (TPSA) is 79.7 Å². The summed E-state index contributed by atoms with van der Waals surface area (Å²) in [6.45, 7) is 2.48. The zero-order chi connectivity index (χ0) is 26.3. The van der Waals surface area contributed by atoms with E-state index in [1.807, 2.05) is 6.92 Å². The third kappa shape index (κ3) is 4.80. The highest BCUT2D eigenvalue weighted by Gasteiger charge is 2.48. The van der Waals surface area contributed by atoms with Gasteiger partial charge >= 0.3 is 5.91 Å². The van der Waals surface area contributed by atoms with E-state index in [1.54, 1.807) is 60.7 Å². The SMILES string of the molecule is CCCOc1cccc(C(O)=C2C(=O)C(=O)N(c3nc4ccc(Cl)cc4s3)C2c2ccc(Cl)c(Cl)c2)c1. The van der Waals surface area contributed by atoms with Crippen LogP contribution in [0.25, 0.3) is 16.0 Å². The first-order chi connectivity index (χ1) is 17.8. The lowest BCUT2D eigenvalue weighted by molar-refractivity contribution is -0.132. The molecule has 1 amide bonds. The maximum atomic E-state index is 13.4. The molecule has 1 N–H and O–H groups in total. The highest BCUT2D eigenvalue weighted by molar-refractivity contribution is 7.22. The molecule has 0 bridgehead atoms. The standard InChI is InChI=1S/C27H19Cl3N2O4S/c1-2-10-36-17-5-3-4-15(11-17)24(33)22-23(14-6-8-18(29)19(30)12-14)32(26(35)25(22)34)27-31-20-9-7-16(28)13-21(20)37-27/h3-9,11-13,23,33H,2,10H2,1H3. The van der Waals surface area contributed by atoms with Gasteiger partial charge in [-0.1, -0.05) is 71.3 Å². The molecule has 5 rings (SSSR count). The number of carbonyl (C=O) groups excluding carboxylic acids is 2. The number of aliphatic hydroxyl groups is 1. The first kappa shape index (κ1) is 25.5. The summed E-state index contributed by atoms with van der Waals surface area (Å²) in [4.78, 5) is 32.7. The number of carbonyl (C=O) groups is 2. The number of benzene rings is 3. The largest absolute Gasteiger partial charge is 0.507 e. The summed E-state index contributed by atoms with van der Waals surface area (Å²) in [5.74, 6) is -1.45. The summed E-state index contributed by atoms with van der Waals surface area (Å²) in [5, 5.41) is 12.8. The second kappa shape index (κ2) is 10.3. The lowest BCUT2D eigenvalue weighted by atomic mass is 9.95. The predicted molar refractivity (Wildman–Crippen MR) is 148 cm³/mol. The first-order valence-electron chi connectivity index (χ1n) is 11.3. The highest BCUT2D eigenvalue weighted by atomic mass is 35.5. The van der Waals surface area contributed by atoms with Crippen molar-refractivity contribution in [2.45, 2.75) is 19.4 Å². The Morgan fingerprint density at radius 1 is 1.05 bits per heavy atom. The van der Waals surface area contributed by atoms with Crippen LogP contribution >= 0.6 is 46.1 Å². The molecule has 3 aromatic carbocycles. The maximum absolute atomic E-state index is 13.4. The van der Waals surface area contributed by atoms with Gasteiger partial charge in [0, 0.05) is 10.6 Å². The number of aliphatic hydroxyl groups excluding tert-OH is 1. The molecule has 1 unspecified atom stereocenters. The van der Waals surface area contributed by atoms with Gasteiger partial charge < -0.3 is 9.84 Å². The van der Waals surface area contributed by atoms with E-state index < -0.39 is 17.7 Å². The molecule has 6 nitrogen and oxygen atoms in total. The number of hydrogen-bond acceptors (Lipinski definition) is 6. The quantitative estimate of drug-likeness (QED) is 0.145. The molecule has 1 aromatic heterocycles. The van der Waals surface area contributed by atoms with E-state index in [9.17, 15) is 14.7 Å². The van der Waals surface area contributed by atoms with Crippen LogP contribution in [0.4, 0.5) is 5.13 Å². The van der Waals surface area contributed by atoms with Crippen molar-refractivity contribution in [3.05, 3.63) is 92.4 Å². The Balaban J connectivity index is 1.70. The normalized spacial score (nSPS) is 17.1. The minimum Gasteiger partial charge on any atom is -0.507 e. The number of fused-ring (bicyclic) bond motifs is 1. The van der Waals surface area contributed by atoms with E-state index in [0.717, 1.165) is 11.1 Å². The molecule has 0 saturated carbocycles. The smallest absolute Gasteiger partial charge is 0.301 e. The van der Waals surface area contributed by atoms with Crippen LogP contribution in [-0.4, -0.2) is 28.4 Å². The van der Waals surface area contributed by atoms with Gasteiger partial charge in [-0.15, -0.1) is 0 Å². The summed E-state index contributed by atoms with van der Waals surface area (Å²) in [6.07, 6.45) is 0.812. The minimum absolute atomic E-state index is 0.0895. The number of anilines is 1. The van der Waals surface area contributed by atoms with E-state index in [2.05, 4.69) is 4.98 Å². The molecule has 0 aliphatic carbocycles. The van der Waals surface area contributed by atoms with Crippen molar-refractivity contribution in [2.24, 2.45) is 0 Å². The maximum Gasteiger partial charge on any atom is 0.301 e. The third-order valence-corrected chi connectivity index (χ3v) is 7.82. The van der Waals surface area contributed by atoms with Crippen LogP contribution in [0.2, 0.25) is 15.1 Å². The van der Waals surface area contributed by atoms with Gasteiger partial charge in [0.2, 0.25) is 0 Å². The number of thiazole rings is 1. The van der Waals surface area contributed by atoms with Gasteiger partial charge in [0.05, 0.1) is 38.5 Å². The molecule has 1 fully saturated rings. The Morgan fingerprint density at radius 3 is 2.62 bits per heavy atom. The first-order valence-corrected chi connectivity index (χ1v) is 13.3. The average molecular weight is 574 g/mol. The fourth-order valence-electron chi connectivity index (χ4n) is 4.13. The molecular weight excluding hydrogens is 555 g/mol. The molecule has 0 spiro atoms. The molecular formula is C27H19Cl3N2O4S. The number of halogens is 3. The number of Topliss-reactive ketones (excluding diaryl/α,β-unsaturated/α-hetero) is 1. The van der Waals surface area contributed by atoms with Crippen LogP contribution < -0.4 is 9.64 Å². The molecule has 1 atom stereocenters. The third-order valence-electron chi connectivity index (χ3n) is 5.83. The Bertz CT molecular complexity index is 1580. The fourth-order valence-corrected chi connectivity index (χ4v) is 5.70. The van der Waals surface area contributed by atoms with Crippen LogP contribution in [0, 0.1) is 0 Å². The van der Waals surface area contributed by atoms with E-state index in [0.29, 0.717) is 39.0 Å². The monoisotopic (exact) mass is 572 g/mol. The predicted octanol–water partition coefficient (Wildman–Crippen LogP) is 7.67. The molecule has 1 saturated heterocycles. The molecule has 4 aromatic rings. The second-order valence-electron chi connectivity index (χ2n) is 8.33. The molecule has 10 heteroatoms. The van der Waals surface area contributed by atoms with Crippen molar-refractivity contribution in [2.75, 3.05) is 11.5 Å². The van der Waals surface area contributed by atoms with Gasteiger partial charge in [-0.05, 0) is 54.4 Å². The minimum atomic E-state index is -0.994. The number of nitrogens with zero attached hydrogens (tertiary/aromatic N) is 2. The number of ketones is 1. The number of ether oxygens (including phenoxy) is 1. The summed E-state index contributed by atoms with van der Waals surface area (Å²) in [7, 11) is 0.